The molecule has 0 atom stereocenters. The van der Waals surface area contributed by atoms with Crippen molar-refractivity contribution < 1.29 is 4.39 Å². The number of nitrogens with one attached hydrogen (secondary N) is 1. The van der Waals surface area contributed by atoms with E-state index in [9.17, 15) is 4.39 Å². The molecule has 110 valence electrons. The highest BCUT2D eigenvalue weighted by atomic mass is 19.1. The number of benzene rings is 1. The van der Waals surface area contributed by atoms with Crippen molar-refractivity contribution in [2.24, 2.45) is 5.84 Å². The summed E-state index contributed by atoms with van der Waals surface area (Å²) in [6.45, 7) is 0. The Morgan fingerprint density at radius 1 is 1.00 bits per heavy atom. The molecule has 0 aliphatic heterocycles. The van der Waals surface area contributed by atoms with Gasteiger partial charge in [0.25, 0.3) is 0 Å². The fourth-order valence-electron chi connectivity index (χ4n) is 2.25. The van der Waals surface area contributed by atoms with Gasteiger partial charge in [0.1, 0.15) is 5.82 Å². The van der Waals surface area contributed by atoms with Gasteiger partial charge >= 0.3 is 0 Å². The largest absolute Gasteiger partial charge is 0.396 e. The molecule has 0 aliphatic carbocycles. The van der Waals surface area contributed by atoms with Crippen LogP contribution in [0.25, 0.3) is 22.4 Å². The number of aromatic nitrogens is 2. The van der Waals surface area contributed by atoms with Crippen molar-refractivity contribution in [3.05, 3.63) is 60.7 Å². The normalized spacial score (nSPS) is 10.5. The van der Waals surface area contributed by atoms with Crippen LogP contribution in [0.2, 0.25) is 0 Å². The van der Waals surface area contributed by atoms with Crippen LogP contribution in [0.3, 0.4) is 0 Å². The summed E-state index contributed by atoms with van der Waals surface area (Å²) in [7, 11) is 0. The lowest BCUT2D eigenvalue weighted by molar-refractivity contribution is 0.628. The van der Waals surface area contributed by atoms with E-state index in [-0.39, 0.29) is 5.82 Å². The van der Waals surface area contributed by atoms with Crippen molar-refractivity contribution in [3.63, 3.8) is 0 Å². The van der Waals surface area contributed by atoms with Gasteiger partial charge in [0.15, 0.2) is 5.82 Å². The van der Waals surface area contributed by atoms with Crippen molar-refractivity contribution in [2.45, 2.75) is 0 Å². The van der Waals surface area contributed by atoms with E-state index in [4.69, 9.17) is 11.6 Å². The number of anilines is 2. The van der Waals surface area contributed by atoms with Crippen LogP contribution < -0.4 is 17.0 Å². The fraction of sp³-hybridized carbons (Fsp3) is 0. The quantitative estimate of drug-likeness (QED) is 0.510. The third-order valence-electron chi connectivity index (χ3n) is 3.28. The Bertz CT molecular complexity index is 805. The number of hydrazine groups is 1. The zero-order valence-electron chi connectivity index (χ0n) is 11.6. The van der Waals surface area contributed by atoms with Crippen molar-refractivity contribution in [1.29, 1.82) is 0 Å². The van der Waals surface area contributed by atoms with Gasteiger partial charge in [-0.15, -0.1) is 0 Å². The summed E-state index contributed by atoms with van der Waals surface area (Å²) in [6, 6.07) is 11.7. The lowest BCUT2D eigenvalue weighted by atomic mass is 9.99. The first kappa shape index (κ1) is 14.0. The first-order valence-corrected chi connectivity index (χ1v) is 6.62. The molecule has 0 saturated carbocycles. The van der Waals surface area contributed by atoms with Gasteiger partial charge in [0.2, 0.25) is 0 Å². The number of hydrogen-bond acceptors (Lipinski definition) is 5. The molecule has 22 heavy (non-hydrogen) atoms. The summed E-state index contributed by atoms with van der Waals surface area (Å²) in [5, 5.41) is 0. The van der Waals surface area contributed by atoms with Gasteiger partial charge in [-0.1, -0.05) is 12.1 Å². The second-order valence-electron chi connectivity index (χ2n) is 4.71. The average Bonchev–Trinajstić information content (AvgIpc) is 2.55. The Hall–Kier alpha value is -2.99. The van der Waals surface area contributed by atoms with Crippen molar-refractivity contribution >= 4 is 11.5 Å². The van der Waals surface area contributed by atoms with Gasteiger partial charge < -0.3 is 11.2 Å². The van der Waals surface area contributed by atoms with Crippen LogP contribution in [0.15, 0.2) is 54.9 Å². The molecule has 5 nitrogen and oxygen atoms in total. The van der Waals surface area contributed by atoms with E-state index in [1.165, 1.54) is 12.1 Å². The maximum Gasteiger partial charge on any atom is 0.163 e. The highest BCUT2D eigenvalue weighted by Gasteiger charge is 2.13. The van der Waals surface area contributed by atoms with Gasteiger partial charge in [-0.05, 0) is 35.9 Å². The summed E-state index contributed by atoms with van der Waals surface area (Å²) in [4.78, 5) is 8.43. The number of halogens is 1. The molecule has 0 fully saturated rings. The second kappa shape index (κ2) is 5.79. The Labute approximate surface area is 126 Å². The van der Waals surface area contributed by atoms with Gasteiger partial charge in [0, 0.05) is 23.5 Å². The Balaban J connectivity index is 2.27. The molecule has 0 unspecified atom stereocenters. The molecule has 1 aromatic carbocycles. The molecular weight excluding hydrogens is 281 g/mol. The summed E-state index contributed by atoms with van der Waals surface area (Å²) in [5.41, 5.74) is 11.7. The average molecular weight is 295 g/mol. The maximum absolute atomic E-state index is 13.5. The Kier molecular flexibility index (Phi) is 3.67. The molecule has 6 heteroatoms. The predicted octanol–water partition coefficient (Wildman–Crippen LogP) is 2.82. The molecule has 0 aliphatic rings. The summed E-state index contributed by atoms with van der Waals surface area (Å²) >= 11 is 0. The minimum absolute atomic E-state index is 0.334. The van der Waals surface area contributed by atoms with Crippen molar-refractivity contribution in [3.8, 4) is 22.4 Å². The number of nitrogen functional groups attached to an aromatic ring is 2. The highest BCUT2D eigenvalue weighted by Crippen LogP contribution is 2.34. The van der Waals surface area contributed by atoms with Crippen molar-refractivity contribution in [2.75, 3.05) is 11.2 Å². The first-order valence-electron chi connectivity index (χ1n) is 6.62. The molecule has 3 rings (SSSR count). The van der Waals surface area contributed by atoms with E-state index < -0.39 is 0 Å². The number of rotatable bonds is 3. The molecular formula is C16H14FN5. The molecule has 0 amide bonds. The van der Waals surface area contributed by atoms with E-state index >= 15 is 0 Å². The zero-order valence-corrected chi connectivity index (χ0v) is 11.6. The smallest absolute Gasteiger partial charge is 0.163 e. The standard InChI is InChI=1S/C16H14FN5/c17-12-3-1-2-11(8-12)15-13(10-4-6-20-7-5-10)9-14(18)16(21-15)22-19/h1-9H,18-19H2,(H,21,22). The van der Waals surface area contributed by atoms with Crippen LogP contribution in [0, 0.1) is 5.82 Å². The van der Waals surface area contributed by atoms with Gasteiger partial charge in [-0.3, -0.25) is 4.98 Å². The lowest BCUT2D eigenvalue weighted by Crippen LogP contribution is -2.11. The number of nitrogens with two attached hydrogens (primary N) is 2. The van der Waals surface area contributed by atoms with Crippen LogP contribution in [0.5, 0.6) is 0 Å². The lowest BCUT2D eigenvalue weighted by Gasteiger charge is -2.13. The third kappa shape index (κ3) is 2.59. The third-order valence-corrected chi connectivity index (χ3v) is 3.28. The molecule has 2 heterocycles. The molecule has 0 radical (unpaired) electrons. The van der Waals surface area contributed by atoms with E-state index in [1.54, 1.807) is 30.6 Å². The molecule has 3 aromatic rings. The minimum atomic E-state index is -0.334. The van der Waals surface area contributed by atoms with E-state index in [2.05, 4.69) is 15.4 Å². The van der Waals surface area contributed by atoms with Crippen LogP contribution in [0.1, 0.15) is 0 Å². The molecule has 0 spiro atoms. The molecule has 0 saturated heterocycles. The van der Waals surface area contributed by atoms with Crippen LogP contribution in [-0.4, -0.2) is 9.97 Å². The Morgan fingerprint density at radius 2 is 1.77 bits per heavy atom. The summed E-state index contributed by atoms with van der Waals surface area (Å²) < 4.78 is 13.5. The first-order chi connectivity index (χ1) is 10.7. The molecule has 0 bridgehead atoms. The Morgan fingerprint density at radius 3 is 2.45 bits per heavy atom. The number of pyridine rings is 2. The van der Waals surface area contributed by atoms with E-state index in [0.717, 1.165) is 11.1 Å². The van der Waals surface area contributed by atoms with Crippen LogP contribution in [-0.2, 0) is 0 Å². The number of hydrogen-bond donors (Lipinski definition) is 3. The monoisotopic (exact) mass is 295 g/mol. The highest BCUT2D eigenvalue weighted by molar-refractivity contribution is 5.85. The minimum Gasteiger partial charge on any atom is -0.396 e. The van der Waals surface area contributed by atoms with Gasteiger partial charge in [0.05, 0.1) is 11.4 Å². The summed E-state index contributed by atoms with van der Waals surface area (Å²) in [5.74, 6) is 5.45. The van der Waals surface area contributed by atoms with Crippen LogP contribution in [0.4, 0.5) is 15.9 Å². The fourth-order valence-corrected chi connectivity index (χ4v) is 2.25. The summed E-state index contributed by atoms with van der Waals surface area (Å²) in [6.07, 6.45) is 3.35. The van der Waals surface area contributed by atoms with Gasteiger partial charge in [-0.25, -0.2) is 15.2 Å². The second-order valence-corrected chi connectivity index (χ2v) is 4.71. The topological polar surface area (TPSA) is 89.8 Å². The number of nitrogens with zero attached hydrogens (tertiary/aromatic N) is 2. The SMILES string of the molecule is NNc1nc(-c2cccc(F)c2)c(-c2ccncc2)cc1N. The predicted molar refractivity (Wildman–Crippen MR) is 85.1 cm³/mol. The van der Waals surface area contributed by atoms with Gasteiger partial charge in [-0.2, -0.15) is 0 Å². The molecule has 2 aromatic heterocycles. The zero-order chi connectivity index (χ0) is 15.5. The maximum atomic E-state index is 13.5. The van der Waals surface area contributed by atoms with E-state index in [0.29, 0.717) is 22.8 Å². The van der Waals surface area contributed by atoms with E-state index in [1.807, 2.05) is 12.1 Å². The molecule has 5 N–H and O–H groups in total. The van der Waals surface area contributed by atoms with Crippen molar-refractivity contribution in [1.82, 2.24) is 9.97 Å². The van der Waals surface area contributed by atoms with Crippen LogP contribution >= 0.6 is 0 Å².